The maximum Gasteiger partial charge on any atom is 0.410 e. The molecule has 0 aliphatic carbocycles. The molecule has 6 heteroatoms. The minimum Gasteiger partial charge on any atom is -0.444 e. The summed E-state index contributed by atoms with van der Waals surface area (Å²) in [6.07, 6.45) is 2.58. The van der Waals surface area contributed by atoms with Gasteiger partial charge in [-0.15, -0.1) is 11.3 Å². The zero-order valence-corrected chi connectivity index (χ0v) is 13.1. The number of likely N-dealkylation sites (tertiary alicyclic amines) is 1. The number of thiazole rings is 1. The van der Waals surface area contributed by atoms with E-state index in [1.54, 1.807) is 21.7 Å². The van der Waals surface area contributed by atoms with Gasteiger partial charge in [0.2, 0.25) is 0 Å². The average molecular weight is 298 g/mol. The van der Waals surface area contributed by atoms with Crippen LogP contribution in [0.4, 0.5) is 4.79 Å². The maximum atomic E-state index is 11.9. The summed E-state index contributed by atoms with van der Waals surface area (Å²) in [6.45, 7) is 8.41. The third-order valence-electron chi connectivity index (χ3n) is 3.02. The number of carbonyl (C=O) groups excluding carboxylic acids is 1. The van der Waals surface area contributed by atoms with Gasteiger partial charge >= 0.3 is 6.09 Å². The predicted molar refractivity (Wildman–Crippen MR) is 77.7 cm³/mol. The normalized spacial score (nSPS) is 19.4. The van der Waals surface area contributed by atoms with Crippen molar-refractivity contribution in [3.05, 3.63) is 16.6 Å². The Kier molecular flexibility index (Phi) is 4.99. The summed E-state index contributed by atoms with van der Waals surface area (Å²) in [5.41, 5.74) is 1.37. The minimum absolute atomic E-state index is 0.220. The van der Waals surface area contributed by atoms with Gasteiger partial charge in [-0.05, 0) is 27.2 Å². The Balaban J connectivity index is 1.68. The van der Waals surface area contributed by atoms with Gasteiger partial charge in [-0.3, -0.25) is 4.98 Å². The quantitative estimate of drug-likeness (QED) is 0.857. The summed E-state index contributed by atoms with van der Waals surface area (Å²) in [6, 6.07) is 0. The molecule has 0 radical (unpaired) electrons. The van der Waals surface area contributed by atoms with Gasteiger partial charge in [0.25, 0.3) is 0 Å². The topological polar surface area (TPSA) is 51.7 Å². The lowest BCUT2D eigenvalue weighted by Crippen LogP contribution is -2.35. The van der Waals surface area contributed by atoms with E-state index in [4.69, 9.17) is 9.47 Å². The molecule has 112 valence electrons. The van der Waals surface area contributed by atoms with Crippen molar-refractivity contribution in [3.63, 3.8) is 0 Å². The van der Waals surface area contributed by atoms with Gasteiger partial charge < -0.3 is 14.4 Å². The fraction of sp³-hybridized carbons (Fsp3) is 0.714. The summed E-state index contributed by atoms with van der Waals surface area (Å²) in [4.78, 5) is 18.8. The number of amides is 1. The van der Waals surface area contributed by atoms with Crippen LogP contribution in [0, 0.1) is 5.92 Å². The SMILES string of the molecule is CC(C)(C)OC(=O)N1CC[C@H](COCc2cncs2)C1. The van der Waals surface area contributed by atoms with E-state index in [2.05, 4.69) is 4.98 Å². The Bertz CT molecular complexity index is 428. The standard InChI is InChI=1S/C14H22N2O3S/c1-14(2,3)19-13(17)16-5-4-11(7-16)8-18-9-12-6-15-10-20-12/h6,10-11H,4-5,7-9H2,1-3H3/t11-/m0/s1. The molecule has 1 atom stereocenters. The highest BCUT2D eigenvalue weighted by molar-refractivity contribution is 7.09. The van der Waals surface area contributed by atoms with Gasteiger partial charge in [-0.1, -0.05) is 0 Å². The number of nitrogens with zero attached hydrogens (tertiary/aromatic N) is 2. The molecule has 1 fully saturated rings. The molecule has 2 heterocycles. The van der Waals surface area contributed by atoms with Crippen LogP contribution in [-0.2, 0) is 16.1 Å². The molecular formula is C14H22N2O3S. The van der Waals surface area contributed by atoms with E-state index in [0.717, 1.165) is 24.4 Å². The molecular weight excluding hydrogens is 276 g/mol. The summed E-state index contributed by atoms with van der Waals surface area (Å²) >= 11 is 1.60. The molecule has 0 spiro atoms. The van der Waals surface area contributed by atoms with Gasteiger partial charge in [0.15, 0.2) is 0 Å². The second kappa shape index (κ2) is 6.54. The number of carbonyl (C=O) groups is 1. The van der Waals surface area contributed by atoms with Crippen molar-refractivity contribution in [1.82, 2.24) is 9.88 Å². The van der Waals surface area contributed by atoms with Gasteiger partial charge in [-0.25, -0.2) is 4.79 Å². The Hall–Kier alpha value is -1.14. The van der Waals surface area contributed by atoms with Gasteiger partial charge in [-0.2, -0.15) is 0 Å². The van der Waals surface area contributed by atoms with Gasteiger partial charge in [0.1, 0.15) is 5.60 Å². The molecule has 1 aliphatic rings. The molecule has 0 aromatic carbocycles. The van der Waals surface area contributed by atoms with E-state index in [-0.39, 0.29) is 6.09 Å². The predicted octanol–water partition coefficient (Wildman–Crippen LogP) is 2.92. The highest BCUT2D eigenvalue weighted by atomic mass is 32.1. The average Bonchev–Trinajstić information content (AvgIpc) is 2.97. The van der Waals surface area contributed by atoms with Crippen LogP contribution in [0.1, 0.15) is 32.1 Å². The Morgan fingerprint density at radius 2 is 2.35 bits per heavy atom. The Labute approximate surface area is 123 Å². The molecule has 1 amide bonds. The van der Waals surface area contributed by atoms with Crippen LogP contribution in [0.25, 0.3) is 0 Å². The van der Waals surface area contributed by atoms with Crippen LogP contribution < -0.4 is 0 Å². The van der Waals surface area contributed by atoms with Crippen molar-refractivity contribution >= 4 is 17.4 Å². The van der Waals surface area contributed by atoms with Crippen molar-refractivity contribution in [2.24, 2.45) is 5.92 Å². The Morgan fingerprint density at radius 1 is 1.55 bits per heavy atom. The largest absolute Gasteiger partial charge is 0.444 e. The van der Waals surface area contributed by atoms with Crippen LogP contribution in [0.15, 0.2) is 11.7 Å². The van der Waals surface area contributed by atoms with Gasteiger partial charge in [0, 0.05) is 25.2 Å². The molecule has 1 aromatic rings. The Morgan fingerprint density at radius 3 is 3.00 bits per heavy atom. The lowest BCUT2D eigenvalue weighted by atomic mass is 10.1. The van der Waals surface area contributed by atoms with Crippen LogP contribution in [0.3, 0.4) is 0 Å². The highest BCUT2D eigenvalue weighted by Gasteiger charge is 2.29. The second-order valence-corrected chi connectivity index (χ2v) is 7.03. The molecule has 0 unspecified atom stereocenters. The molecule has 0 bridgehead atoms. The third kappa shape index (κ3) is 4.76. The first-order valence-electron chi connectivity index (χ1n) is 6.87. The van der Waals surface area contributed by atoms with Crippen molar-refractivity contribution in [2.45, 2.75) is 39.4 Å². The molecule has 1 aliphatic heterocycles. The highest BCUT2D eigenvalue weighted by Crippen LogP contribution is 2.20. The van der Waals surface area contributed by atoms with E-state index in [0.29, 0.717) is 19.1 Å². The molecule has 1 aromatic heterocycles. The van der Waals surface area contributed by atoms with Crippen molar-refractivity contribution in [3.8, 4) is 0 Å². The van der Waals surface area contributed by atoms with Crippen molar-refractivity contribution < 1.29 is 14.3 Å². The minimum atomic E-state index is -0.433. The maximum absolute atomic E-state index is 11.9. The monoisotopic (exact) mass is 298 g/mol. The molecule has 5 nitrogen and oxygen atoms in total. The first kappa shape index (κ1) is 15.3. The van der Waals surface area contributed by atoms with Crippen LogP contribution in [0.2, 0.25) is 0 Å². The number of aromatic nitrogens is 1. The van der Waals surface area contributed by atoms with E-state index in [1.165, 1.54) is 0 Å². The van der Waals surface area contributed by atoms with Crippen molar-refractivity contribution in [2.75, 3.05) is 19.7 Å². The van der Waals surface area contributed by atoms with E-state index in [9.17, 15) is 4.79 Å². The summed E-state index contributed by atoms with van der Waals surface area (Å²) < 4.78 is 11.1. The van der Waals surface area contributed by atoms with Crippen molar-refractivity contribution in [1.29, 1.82) is 0 Å². The summed E-state index contributed by atoms with van der Waals surface area (Å²) in [7, 11) is 0. The van der Waals surface area contributed by atoms with Gasteiger partial charge in [0.05, 0.1) is 23.6 Å². The van der Waals surface area contributed by atoms with E-state index < -0.39 is 5.60 Å². The number of ether oxygens (including phenoxy) is 2. The molecule has 20 heavy (non-hydrogen) atoms. The molecule has 0 N–H and O–H groups in total. The lowest BCUT2D eigenvalue weighted by Gasteiger charge is -2.24. The summed E-state index contributed by atoms with van der Waals surface area (Å²) in [5.74, 6) is 0.399. The first-order chi connectivity index (χ1) is 9.44. The fourth-order valence-electron chi connectivity index (χ4n) is 2.10. The third-order valence-corrected chi connectivity index (χ3v) is 3.77. The lowest BCUT2D eigenvalue weighted by molar-refractivity contribution is 0.0272. The van der Waals surface area contributed by atoms with Crippen LogP contribution in [-0.4, -0.2) is 41.3 Å². The van der Waals surface area contributed by atoms with E-state index >= 15 is 0 Å². The smallest absolute Gasteiger partial charge is 0.410 e. The number of rotatable bonds is 4. The van der Waals surface area contributed by atoms with Crippen LogP contribution >= 0.6 is 11.3 Å². The fourth-order valence-corrected chi connectivity index (χ4v) is 2.63. The summed E-state index contributed by atoms with van der Waals surface area (Å²) in [5, 5.41) is 0. The zero-order valence-electron chi connectivity index (χ0n) is 12.3. The number of hydrogen-bond acceptors (Lipinski definition) is 5. The molecule has 2 rings (SSSR count). The van der Waals surface area contributed by atoms with Crippen LogP contribution in [0.5, 0.6) is 0 Å². The van der Waals surface area contributed by atoms with E-state index in [1.807, 2.05) is 27.0 Å². The second-order valence-electron chi connectivity index (χ2n) is 6.06. The molecule has 1 saturated heterocycles. The molecule has 0 saturated carbocycles. The zero-order chi connectivity index (χ0) is 14.6. The number of hydrogen-bond donors (Lipinski definition) is 0. The first-order valence-corrected chi connectivity index (χ1v) is 7.75.